The Kier molecular flexibility index (Phi) is 4.01. The van der Waals surface area contributed by atoms with Crippen LogP contribution in [-0.4, -0.2) is 0 Å². The van der Waals surface area contributed by atoms with Crippen molar-refractivity contribution >= 4 is 10.8 Å². The minimum absolute atomic E-state index is 0.632. The molecule has 0 radical (unpaired) electrons. The van der Waals surface area contributed by atoms with Crippen LogP contribution >= 0.6 is 0 Å². The number of aromatic nitrogens is 1. The first-order chi connectivity index (χ1) is 12.6. The predicted molar refractivity (Wildman–Crippen MR) is 106 cm³/mol. The van der Waals surface area contributed by atoms with Gasteiger partial charge < -0.3 is 0 Å². The van der Waals surface area contributed by atoms with Crippen molar-refractivity contribution in [2.75, 3.05) is 0 Å². The SMILES string of the molecule is [2H]c1c(C)[n+](C)c(-c2cc(C3CCCCC3)ccc2C)c2ccccc12. The Morgan fingerprint density at radius 2 is 1.76 bits per heavy atom. The molecule has 0 bridgehead atoms. The highest BCUT2D eigenvalue weighted by Gasteiger charge is 2.22. The molecular formula is C24H28N+. The number of benzene rings is 2. The van der Waals surface area contributed by atoms with Crippen LogP contribution in [0.3, 0.4) is 0 Å². The fraction of sp³-hybridized carbons (Fsp3) is 0.375. The lowest BCUT2D eigenvalue weighted by molar-refractivity contribution is -0.665. The molecule has 4 rings (SSSR count). The van der Waals surface area contributed by atoms with Gasteiger partial charge in [0.15, 0.2) is 5.69 Å². The average molecular weight is 332 g/mol. The standard InChI is InChI=1S/C24H28N/c1-17-13-14-20(19-9-5-4-6-10-19)16-23(17)24-22-12-8-7-11-21(22)15-18(2)25(24)3/h7-8,11-16,19H,4-6,9-10H2,1-3H3/q+1/i15D. The van der Waals surface area contributed by atoms with Crippen LogP contribution < -0.4 is 4.57 Å². The molecule has 0 saturated heterocycles. The number of hydrogen-bond donors (Lipinski definition) is 0. The molecule has 1 nitrogen and oxygen atoms in total. The van der Waals surface area contributed by atoms with Gasteiger partial charge in [-0.3, -0.25) is 0 Å². The Balaban J connectivity index is 1.95. The molecule has 0 spiro atoms. The van der Waals surface area contributed by atoms with Crippen molar-refractivity contribution in [1.82, 2.24) is 0 Å². The summed E-state index contributed by atoms with van der Waals surface area (Å²) in [5, 5.41) is 2.22. The molecule has 1 aliphatic rings. The quantitative estimate of drug-likeness (QED) is 0.507. The zero-order valence-corrected chi connectivity index (χ0v) is 15.6. The highest BCUT2D eigenvalue weighted by molar-refractivity contribution is 5.93. The Labute approximate surface area is 152 Å². The minimum atomic E-state index is 0.632. The van der Waals surface area contributed by atoms with Crippen molar-refractivity contribution < 1.29 is 5.94 Å². The lowest BCUT2D eigenvalue weighted by Crippen LogP contribution is -2.35. The van der Waals surface area contributed by atoms with E-state index >= 15 is 0 Å². The lowest BCUT2D eigenvalue weighted by atomic mass is 9.82. The van der Waals surface area contributed by atoms with Gasteiger partial charge in [0.2, 0.25) is 5.69 Å². The summed E-state index contributed by atoms with van der Waals surface area (Å²) in [6.07, 6.45) is 6.74. The van der Waals surface area contributed by atoms with E-state index in [1.807, 2.05) is 6.07 Å². The van der Waals surface area contributed by atoms with Gasteiger partial charge in [0.25, 0.3) is 0 Å². The van der Waals surface area contributed by atoms with E-state index in [9.17, 15) is 0 Å². The lowest BCUT2D eigenvalue weighted by Gasteiger charge is -2.23. The van der Waals surface area contributed by atoms with E-state index in [1.165, 1.54) is 59.9 Å². The molecule has 0 aliphatic heterocycles. The second kappa shape index (κ2) is 6.63. The maximum absolute atomic E-state index is 8.52. The molecule has 1 heterocycles. The van der Waals surface area contributed by atoms with E-state index in [2.05, 4.69) is 61.9 Å². The summed E-state index contributed by atoms with van der Waals surface area (Å²) in [5.41, 5.74) is 6.37. The summed E-state index contributed by atoms with van der Waals surface area (Å²) in [6, 6.07) is 16.0. The molecule has 1 aliphatic carbocycles. The number of fused-ring (bicyclic) bond motifs is 1. The monoisotopic (exact) mass is 331 g/mol. The van der Waals surface area contributed by atoms with Crippen LogP contribution in [0.4, 0.5) is 0 Å². The van der Waals surface area contributed by atoms with Gasteiger partial charge in [-0.15, -0.1) is 0 Å². The summed E-state index contributed by atoms with van der Waals surface area (Å²) in [6.45, 7) is 4.26. The molecule has 2 aromatic carbocycles. The van der Waals surface area contributed by atoms with E-state index in [1.54, 1.807) is 0 Å². The molecule has 3 aromatic rings. The summed E-state index contributed by atoms with van der Waals surface area (Å²) in [5.74, 6) is 0.705. The zero-order valence-electron chi connectivity index (χ0n) is 16.6. The number of pyridine rings is 1. The fourth-order valence-corrected chi connectivity index (χ4v) is 4.34. The van der Waals surface area contributed by atoms with E-state index in [4.69, 9.17) is 1.37 Å². The Hall–Kier alpha value is -2.15. The van der Waals surface area contributed by atoms with Crippen LogP contribution in [0.2, 0.25) is 0 Å². The van der Waals surface area contributed by atoms with Gasteiger partial charge >= 0.3 is 0 Å². The van der Waals surface area contributed by atoms with Crippen LogP contribution in [0.5, 0.6) is 0 Å². The molecule has 25 heavy (non-hydrogen) atoms. The Morgan fingerprint density at radius 1 is 1.00 bits per heavy atom. The van der Waals surface area contributed by atoms with Gasteiger partial charge in [-0.1, -0.05) is 49.6 Å². The molecule has 0 atom stereocenters. The third-order valence-corrected chi connectivity index (χ3v) is 5.93. The van der Waals surface area contributed by atoms with Crippen molar-refractivity contribution in [2.24, 2.45) is 7.05 Å². The Bertz CT molecular complexity index is 968. The smallest absolute Gasteiger partial charge is 0.198 e. The second-order valence-electron chi connectivity index (χ2n) is 7.57. The summed E-state index contributed by atoms with van der Waals surface area (Å²) < 4.78 is 10.7. The van der Waals surface area contributed by atoms with E-state index < -0.39 is 0 Å². The highest BCUT2D eigenvalue weighted by atomic mass is 14.9. The van der Waals surface area contributed by atoms with E-state index in [-0.39, 0.29) is 0 Å². The van der Waals surface area contributed by atoms with E-state index in [0.29, 0.717) is 12.0 Å². The molecular weight excluding hydrogens is 302 g/mol. The van der Waals surface area contributed by atoms with Crippen molar-refractivity contribution in [2.45, 2.75) is 51.9 Å². The maximum Gasteiger partial charge on any atom is 0.220 e. The topological polar surface area (TPSA) is 3.88 Å². The number of hydrogen-bond acceptors (Lipinski definition) is 0. The van der Waals surface area contributed by atoms with Gasteiger partial charge in [0.1, 0.15) is 7.05 Å². The van der Waals surface area contributed by atoms with Crippen molar-refractivity contribution in [3.63, 3.8) is 0 Å². The first-order valence-electron chi connectivity index (χ1n) is 10.1. The molecule has 1 fully saturated rings. The molecule has 1 heteroatoms. The summed E-state index contributed by atoms with van der Waals surface area (Å²) >= 11 is 0. The average Bonchev–Trinajstić information content (AvgIpc) is 2.68. The van der Waals surface area contributed by atoms with Gasteiger partial charge in [0.05, 0.1) is 6.76 Å². The number of aryl methyl sites for hydroxylation is 1. The third-order valence-electron chi connectivity index (χ3n) is 5.93. The molecule has 1 saturated carbocycles. The molecule has 1 aromatic heterocycles. The van der Waals surface area contributed by atoms with Crippen LogP contribution in [0.15, 0.2) is 48.5 Å². The number of rotatable bonds is 2. The largest absolute Gasteiger partial charge is 0.220 e. The van der Waals surface area contributed by atoms with Gasteiger partial charge in [-0.05, 0) is 54.3 Å². The predicted octanol–water partition coefficient (Wildman–Crippen LogP) is 6.00. The minimum Gasteiger partial charge on any atom is -0.198 e. The van der Waals surface area contributed by atoms with Crippen molar-refractivity contribution in [1.29, 1.82) is 0 Å². The molecule has 0 unspecified atom stereocenters. The molecule has 0 N–H and O–H groups in total. The first-order valence-corrected chi connectivity index (χ1v) is 9.56. The Morgan fingerprint density at radius 3 is 2.56 bits per heavy atom. The van der Waals surface area contributed by atoms with Gasteiger partial charge in [-0.25, -0.2) is 0 Å². The van der Waals surface area contributed by atoms with Crippen molar-refractivity contribution in [3.05, 3.63) is 65.3 Å². The maximum atomic E-state index is 8.52. The highest BCUT2D eigenvalue weighted by Crippen LogP contribution is 2.36. The zero-order chi connectivity index (χ0) is 18.3. The first kappa shape index (κ1) is 15.1. The summed E-state index contributed by atoms with van der Waals surface area (Å²) in [4.78, 5) is 0. The normalized spacial score (nSPS) is 16.2. The van der Waals surface area contributed by atoms with E-state index in [0.717, 1.165) is 11.1 Å². The van der Waals surface area contributed by atoms with Crippen LogP contribution in [-0.2, 0) is 7.05 Å². The third kappa shape index (κ3) is 2.97. The van der Waals surface area contributed by atoms with Gasteiger partial charge in [-0.2, -0.15) is 4.57 Å². The van der Waals surface area contributed by atoms with Gasteiger partial charge in [0, 0.05) is 18.5 Å². The van der Waals surface area contributed by atoms with Crippen LogP contribution in [0.25, 0.3) is 22.0 Å². The van der Waals surface area contributed by atoms with Crippen LogP contribution in [0.1, 0.15) is 56.2 Å². The van der Waals surface area contributed by atoms with Crippen molar-refractivity contribution in [3.8, 4) is 11.3 Å². The fourth-order valence-electron chi connectivity index (χ4n) is 4.34. The second-order valence-corrected chi connectivity index (χ2v) is 7.57. The summed E-state index contributed by atoms with van der Waals surface area (Å²) in [7, 11) is 2.10. The van der Waals surface area contributed by atoms with Crippen LogP contribution in [0, 0.1) is 13.8 Å². The molecule has 128 valence electrons. The molecule has 0 amide bonds. The number of nitrogens with zero attached hydrogens (tertiary/aromatic N) is 1.